The zero-order valence-electron chi connectivity index (χ0n) is 10.9. The predicted molar refractivity (Wildman–Crippen MR) is 78.2 cm³/mol. The molecule has 1 aromatic heterocycles. The smallest absolute Gasteiger partial charge is 0.104 e. The second kappa shape index (κ2) is 6.90. The lowest BCUT2D eigenvalue weighted by Gasteiger charge is -2.33. The molecule has 4 heteroatoms. The molecule has 2 nitrogen and oxygen atoms in total. The van der Waals surface area contributed by atoms with Crippen LogP contribution in [0.4, 0.5) is 0 Å². The van der Waals surface area contributed by atoms with Gasteiger partial charge in [-0.3, -0.25) is 0 Å². The van der Waals surface area contributed by atoms with Gasteiger partial charge in [0.25, 0.3) is 0 Å². The lowest BCUT2D eigenvalue weighted by Crippen LogP contribution is -2.30. The van der Waals surface area contributed by atoms with Crippen molar-refractivity contribution in [1.82, 2.24) is 0 Å². The van der Waals surface area contributed by atoms with Gasteiger partial charge in [0, 0.05) is 11.4 Å². The lowest BCUT2D eigenvalue weighted by molar-refractivity contribution is -0.0573. The Morgan fingerprint density at radius 3 is 2.83 bits per heavy atom. The average molecular weight is 288 g/mol. The van der Waals surface area contributed by atoms with Crippen molar-refractivity contribution in [3.05, 3.63) is 21.3 Å². The number of thiophene rings is 1. The molecule has 0 amide bonds. The van der Waals surface area contributed by atoms with Crippen molar-refractivity contribution in [2.24, 2.45) is 11.7 Å². The summed E-state index contributed by atoms with van der Waals surface area (Å²) in [5.74, 6) is 0.697. The van der Waals surface area contributed by atoms with Gasteiger partial charge in [0.2, 0.25) is 0 Å². The van der Waals surface area contributed by atoms with Crippen molar-refractivity contribution < 1.29 is 4.74 Å². The van der Waals surface area contributed by atoms with Crippen LogP contribution in [0.1, 0.15) is 50.0 Å². The standard InChI is InChI=1S/C14H22ClNOS/c1-2-10-5-3-4-6-11(10)17-12(9-16)13-7-8-14(15)18-13/h7-8,10-12H,2-6,9,16H2,1H3. The summed E-state index contributed by atoms with van der Waals surface area (Å²) in [4.78, 5) is 1.16. The Hall–Kier alpha value is -0.0900. The van der Waals surface area contributed by atoms with Gasteiger partial charge in [0.1, 0.15) is 6.10 Å². The van der Waals surface area contributed by atoms with Crippen LogP contribution in [0.25, 0.3) is 0 Å². The van der Waals surface area contributed by atoms with Crippen molar-refractivity contribution in [2.45, 2.75) is 51.2 Å². The molecule has 3 atom stereocenters. The summed E-state index contributed by atoms with van der Waals surface area (Å²) in [5, 5.41) is 0. The molecule has 3 unspecified atom stereocenters. The summed E-state index contributed by atoms with van der Waals surface area (Å²) >= 11 is 7.56. The van der Waals surface area contributed by atoms with Crippen LogP contribution in [0.15, 0.2) is 12.1 Å². The number of halogens is 1. The number of ether oxygens (including phenoxy) is 1. The van der Waals surface area contributed by atoms with Gasteiger partial charge >= 0.3 is 0 Å². The summed E-state index contributed by atoms with van der Waals surface area (Å²) in [6.45, 7) is 2.79. The van der Waals surface area contributed by atoms with E-state index in [-0.39, 0.29) is 6.10 Å². The SMILES string of the molecule is CCC1CCCCC1OC(CN)c1ccc(Cl)s1. The minimum absolute atomic E-state index is 0.0136. The maximum absolute atomic E-state index is 6.27. The average Bonchev–Trinajstić information content (AvgIpc) is 2.83. The molecule has 2 N–H and O–H groups in total. The van der Waals surface area contributed by atoms with Gasteiger partial charge < -0.3 is 10.5 Å². The molecule has 102 valence electrons. The Labute approximate surface area is 118 Å². The second-order valence-electron chi connectivity index (χ2n) is 4.99. The molecule has 0 spiro atoms. The van der Waals surface area contributed by atoms with E-state index in [0.29, 0.717) is 18.6 Å². The molecule has 1 heterocycles. The Balaban J connectivity index is 2.00. The van der Waals surface area contributed by atoms with Crippen LogP contribution >= 0.6 is 22.9 Å². The highest BCUT2D eigenvalue weighted by Gasteiger charge is 2.27. The van der Waals surface area contributed by atoms with Crippen LogP contribution in [0.2, 0.25) is 4.34 Å². The van der Waals surface area contributed by atoms with Gasteiger partial charge in [0.05, 0.1) is 10.4 Å². The quantitative estimate of drug-likeness (QED) is 0.872. The zero-order valence-corrected chi connectivity index (χ0v) is 12.5. The molecule has 0 aliphatic heterocycles. The van der Waals surface area contributed by atoms with Crippen LogP contribution in [0, 0.1) is 5.92 Å². The molecule has 2 rings (SSSR count). The highest BCUT2D eigenvalue weighted by atomic mass is 35.5. The molecule has 1 aromatic rings. The highest BCUT2D eigenvalue weighted by Crippen LogP contribution is 2.35. The Bertz CT molecular complexity index is 368. The summed E-state index contributed by atoms with van der Waals surface area (Å²) < 4.78 is 7.08. The first-order valence-electron chi connectivity index (χ1n) is 6.85. The van der Waals surface area contributed by atoms with Gasteiger partial charge in [0.15, 0.2) is 0 Å². The number of hydrogen-bond acceptors (Lipinski definition) is 3. The van der Waals surface area contributed by atoms with Crippen molar-refractivity contribution in [2.75, 3.05) is 6.54 Å². The van der Waals surface area contributed by atoms with E-state index >= 15 is 0 Å². The third-order valence-electron chi connectivity index (χ3n) is 3.83. The molecule has 0 aromatic carbocycles. The van der Waals surface area contributed by atoms with Crippen LogP contribution in [0.5, 0.6) is 0 Å². The molecule has 0 saturated heterocycles. The van der Waals surface area contributed by atoms with Crippen molar-refractivity contribution >= 4 is 22.9 Å². The number of hydrogen-bond donors (Lipinski definition) is 1. The normalized spacial score (nSPS) is 26.2. The van der Waals surface area contributed by atoms with E-state index in [1.165, 1.54) is 32.1 Å². The molecular formula is C14H22ClNOS. The van der Waals surface area contributed by atoms with E-state index in [2.05, 4.69) is 6.92 Å². The third kappa shape index (κ3) is 3.47. The van der Waals surface area contributed by atoms with Crippen molar-refractivity contribution in [3.8, 4) is 0 Å². The van der Waals surface area contributed by atoms with Gasteiger partial charge in [-0.25, -0.2) is 0 Å². The van der Waals surface area contributed by atoms with Crippen LogP contribution in [0.3, 0.4) is 0 Å². The predicted octanol–water partition coefficient (Wildman–Crippen LogP) is 4.39. The fourth-order valence-electron chi connectivity index (χ4n) is 2.77. The van der Waals surface area contributed by atoms with Crippen molar-refractivity contribution in [1.29, 1.82) is 0 Å². The maximum Gasteiger partial charge on any atom is 0.104 e. The van der Waals surface area contributed by atoms with Gasteiger partial charge in [-0.1, -0.05) is 37.8 Å². The van der Waals surface area contributed by atoms with Gasteiger partial charge in [-0.2, -0.15) is 0 Å². The summed E-state index contributed by atoms with van der Waals surface area (Å²) in [6, 6.07) is 3.96. The Morgan fingerprint density at radius 2 is 2.22 bits per heavy atom. The monoisotopic (exact) mass is 287 g/mol. The number of nitrogens with two attached hydrogens (primary N) is 1. The van der Waals surface area contributed by atoms with E-state index in [1.807, 2.05) is 12.1 Å². The summed E-state index contributed by atoms with van der Waals surface area (Å²) in [7, 11) is 0. The fourth-order valence-corrected chi connectivity index (χ4v) is 3.88. The molecule has 18 heavy (non-hydrogen) atoms. The summed E-state index contributed by atoms with van der Waals surface area (Å²) in [6.07, 6.45) is 6.68. The van der Waals surface area contributed by atoms with Gasteiger partial charge in [-0.05, 0) is 30.9 Å². The molecule has 1 saturated carbocycles. The van der Waals surface area contributed by atoms with E-state index < -0.39 is 0 Å². The topological polar surface area (TPSA) is 35.2 Å². The first-order chi connectivity index (χ1) is 8.74. The molecule has 1 aliphatic rings. The van der Waals surface area contributed by atoms with E-state index in [9.17, 15) is 0 Å². The lowest BCUT2D eigenvalue weighted by atomic mass is 9.84. The molecule has 1 aliphatic carbocycles. The van der Waals surface area contributed by atoms with E-state index in [1.54, 1.807) is 11.3 Å². The van der Waals surface area contributed by atoms with Crippen LogP contribution < -0.4 is 5.73 Å². The van der Waals surface area contributed by atoms with Gasteiger partial charge in [-0.15, -0.1) is 11.3 Å². The molecule has 1 fully saturated rings. The first kappa shape index (κ1) is 14.3. The zero-order chi connectivity index (χ0) is 13.0. The fraction of sp³-hybridized carbons (Fsp3) is 0.714. The second-order valence-corrected chi connectivity index (χ2v) is 6.74. The summed E-state index contributed by atoms with van der Waals surface area (Å²) in [5.41, 5.74) is 5.86. The highest BCUT2D eigenvalue weighted by molar-refractivity contribution is 7.16. The maximum atomic E-state index is 6.27. The molecule has 0 radical (unpaired) electrons. The van der Waals surface area contributed by atoms with E-state index in [0.717, 1.165) is 9.21 Å². The van der Waals surface area contributed by atoms with Crippen LogP contribution in [-0.4, -0.2) is 12.6 Å². The Kier molecular flexibility index (Phi) is 5.49. The minimum Gasteiger partial charge on any atom is -0.368 e. The van der Waals surface area contributed by atoms with E-state index in [4.69, 9.17) is 22.1 Å². The van der Waals surface area contributed by atoms with Crippen LogP contribution in [-0.2, 0) is 4.74 Å². The number of rotatable bonds is 5. The largest absolute Gasteiger partial charge is 0.368 e. The first-order valence-corrected chi connectivity index (χ1v) is 8.04. The third-order valence-corrected chi connectivity index (χ3v) is 5.15. The minimum atomic E-state index is 0.0136. The molecule has 0 bridgehead atoms. The molecular weight excluding hydrogens is 266 g/mol. The van der Waals surface area contributed by atoms with Crippen molar-refractivity contribution in [3.63, 3.8) is 0 Å². The Morgan fingerprint density at radius 1 is 1.44 bits per heavy atom.